The van der Waals surface area contributed by atoms with Gasteiger partial charge in [0.05, 0.1) is 5.60 Å². The molecular formula is C16H31NOS. The van der Waals surface area contributed by atoms with E-state index in [2.05, 4.69) is 38.0 Å². The molecule has 0 amide bonds. The van der Waals surface area contributed by atoms with Crippen LogP contribution in [0.15, 0.2) is 0 Å². The third kappa shape index (κ3) is 4.37. The fraction of sp³-hybridized carbons (Fsp3) is 1.00. The lowest BCUT2D eigenvalue weighted by molar-refractivity contribution is -0.103. The number of hydrogen-bond acceptors (Lipinski definition) is 3. The van der Waals surface area contributed by atoms with Gasteiger partial charge in [0.2, 0.25) is 0 Å². The zero-order valence-corrected chi connectivity index (χ0v) is 13.7. The first-order chi connectivity index (χ1) is 9.15. The quantitative estimate of drug-likeness (QED) is 0.832. The van der Waals surface area contributed by atoms with Crippen LogP contribution in [0.5, 0.6) is 0 Å². The Morgan fingerprint density at radius 1 is 1.32 bits per heavy atom. The first-order valence-corrected chi connectivity index (χ1v) is 9.20. The van der Waals surface area contributed by atoms with Gasteiger partial charge >= 0.3 is 0 Å². The van der Waals surface area contributed by atoms with Gasteiger partial charge in [-0.3, -0.25) is 0 Å². The smallest absolute Gasteiger partial charge is 0.0700 e. The van der Waals surface area contributed by atoms with Crippen molar-refractivity contribution in [3.63, 3.8) is 0 Å². The molecule has 0 aromatic heterocycles. The van der Waals surface area contributed by atoms with E-state index in [9.17, 15) is 0 Å². The second-order valence-corrected chi connectivity index (χ2v) is 7.94. The number of hydrogen-bond donors (Lipinski definition) is 1. The Balaban J connectivity index is 1.80. The van der Waals surface area contributed by atoms with Crippen molar-refractivity contribution in [2.24, 2.45) is 11.8 Å². The van der Waals surface area contributed by atoms with Crippen LogP contribution in [0.3, 0.4) is 0 Å². The molecule has 0 aromatic carbocycles. The van der Waals surface area contributed by atoms with E-state index in [0.29, 0.717) is 6.04 Å². The molecule has 0 aliphatic carbocycles. The van der Waals surface area contributed by atoms with Gasteiger partial charge in [-0.1, -0.05) is 13.8 Å². The summed E-state index contributed by atoms with van der Waals surface area (Å²) in [5, 5.41) is 3.48. The van der Waals surface area contributed by atoms with E-state index in [0.717, 1.165) is 18.4 Å². The summed E-state index contributed by atoms with van der Waals surface area (Å²) in [6.45, 7) is 5.65. The molecule has 2 heterocycles. The Kier molecular flexibility index (Phi) is 6.04. The van der Waals surface area contributed by atoms with Gasteiger partial charge in [-0.15, -0.1) is 0 Å². The van der Waals surface area contributed by atoms with E-state index in [1.807, 2.05) is 0 Å². The highest BCUT2D eigenvalue weighted by Crippen LogP contribution is 2.41. The Labute approximate surface area is 123 Å². The lowest BCUT2D eigenvalue weighted by Gasteiger charge is -2.43. The predicted molar refractivity (Wildman–Crippen MR) is 84.9 cm³/mol. The zero-order chi connectivity index (χ0) is 13.7. The molecule has 2 aliphatic heterocycles. The number of ether oxygens (including phenoxy) is 1. The minimum Gasteiger partial charge on any atom is -0.375 e. The fourth-order valence-corrected chi connectivity index (χ4v) is 4.93. The topological polar surface area (TPSA) is 21.3 Å². The van der Waals surface area contributed by atoms with Gasteiger partial charge in [0.25, 0.3) is 0 Å². The van der Waals surface area contributed by atoms with Gasteiger partial charge in [-0.05, 0) is 68.9 Å². The van der Waals surface area contributed by atoms with Crippen LogP contribution in [-0.4, -0.2) is 36.8 Å². The Bertz CT molecular complexity index is 258. The van der Waals surface area contributed by atoms with Crippen LogP contribution in [0.1, 0.15) is 52.4 Å². The van der Waals surface area contributed by atoms with Gasteiger partial charge in [-0.25, -0.2) is 0 Å². The number of rotatable bonds is 5. The number of nitrogens with one attached hydrogen (secondary N) is 1. The van der Waals surface area contributed by atoms with Crippen molar-refractivity contribution >= 4 is 11.8 Å². The van der Waals surface area contributed by atoms with E-state index in [-0.39, 0.29) is 5.60 Å². The maximum absolute atomic E-state index is 6.19. The van der Waals surface area contributed by atoms with E-state index < -0.39 is 0 Å². The molecule has 2 nitrogen and oxygen atoms in total. The average molecular weight is 285 g/mol. The van der Waals surface area contributed by atoms with Crippen LogP contribution in [0, 0.1) is 11.8 Å². The molecule has 19 heavy (non-hydrogen) atoms. The van der Waals surface area contributed by atoms with Crippen LogP contribution in [-0.2, 0) is 4.74 Å². The highest BCUT2D eigenvalue weighted by Gasteiger charge is 2.38. The highest BCUT2D eigenvalue weighted by molar-refractivity contribution is 7.99. The molecule has 2 unspecified atom stereocenters. The molecule has 2 atom stereocenters. The summed E-state index contributed by atoms with van der Waals surface area (Å²) < 4.78 is 6.19. The third-order valence-electron chi connectivity index (χ3n) is 5.06. The van der Waals surface area contributed by atoms with Crippen molar-refractivity contribution < 1.29 is 4.74 Å². The predicted octanol–water partition coefficient (Wildman–Crippen LogP) is 3.70. The maximum Gasteiger partial charge on any atom is 0.0700 e. The number of thioether (sulfide) groups is 1. The molecule has 2 saturated heterocycles. The van der Waals surface area contributed by atoms with Crippen molar-refractivity contribution in [2.75, 3.05) is 25.2 Å². The van der Waals surface area contributed by atoms with Crippen molar-refractivity contribution in [2.45, 2.75) is 64.0 Å². The molecule has 2 aliphatic rings. The largest absolute Gasteiger partial charge is 0.375 e. The van der Waals surface area contributed by atoms with E-state index in [4.69, 9.17) is 4.74 Å². The molecule has 2 rings (SSSR count). The molecule has 2 fully saturated rings. The van der Waals surface area contributed by atoms with E-state index >= 15 is 0 Å². The molecule has 112 valence electrons. The molecule has 0 bridgehead atoms. The zero-order valence-electron chi connectivity index (χ0n) is 12.9. The van der Waals surface area contributed by atoms with Crippen LogP contribution in [0.2, 0.25) is 0 Å². The third-order valence-corrected chi connectivity index (χ3v) is 6.05. The monoisotopic (exact) mass is 285 g/mol. The van der Waals surface area contributed by atoms with Gasteiger partial charge in [0, 0.05) is 12.6 Å². The van der Waals surface area contributed by atoms with Crippen LogP contribution >= 0.6 is 11.8 Å². The lowest BCUT2D eigenvalue weighted by atomic mass is 9.79. The Morgan fingerprint density at radius 2 is 2.05 bits per heavy atom. The summed E-state index contributed by atoms with van der Waals surface area (Å²) in [6.07, 6.45) is 7.87. The van der Waals surface area contributed by atoms with Crippen molar-refractivity contribution in [1.29, 1.82) is 0 Å². The van der Waals surface area contributed by atoms with E-state index in [1.165, 1.54) is 50.0 Å². The summed E-state index contributed by atoms with van der Waals surface area (Å²) >= 11 is 2.10. The standard InChI is InChI=1S/C16H31NOS/c1-13(2)15(17-3)5-4-14-6-9-18-16(12-14)7-10-19-11-8-16/h13-15,17H,4-12H2,1-3H3. The van der Waals surface area contributed by atoms with Crippen molar-refractivity contribution in [1.82, 2.24) is 5.32 Å². The molecule has 1 spiro atoms. The highest BCUT2D eigenvalue weighted by atomic mass is 32.2. The minimum atomic E-state index is 0.265. The van der Waals surface area contributed by atoms with Gasteiger partial charge in [0.15, 0.2) is 0 Å². The van der Waals surface area contributed by atoms with Crippen molar-refractivity contribution in [3.8, 4) is 0 Å². The first-order valence-electron chi connectivity index (χ1n) is 8.04. The molecular weight excluding hydrogens is 254 g/mol. The SMILES string of the molecule is CNC(CCC1CCOC2(CCSCC2)C1)C(C)C. The summed E-state index contributed by atoms with van der Waals surface area (Å²) in [5.41, 5.74) is 0.265. The van der Waals surface area contributed by atoms with Gasteiger partial charge in [-0.2, -0.15) is 11.8 Å². The van der Waals surface area contributed by atoms with Crippen LogP contribution in [0.4, 0.5) is 0 Å². The second-order valence-electron chi connectivity index (χ2n) is 6.72. The first kappa shape index (κ1) is 15.7. The summed E-state index contributed by atoms with van der Waals surface area (Å²) in [4.78, 5) is 0. The normalized spacial score (nSPS) is 28.7. The molecule has 0 saturated carbocycles. The molecule has 0 radical (unpaired) electrons. The van der Waals surface area contributed by atoms with Crippen LogP contribution < -0.4 is 5.32 Å². The van der Waals surface area contributed by atoms with Crippen molar-refractivity contribution in [3.05, 3.63) is 0 Å². The maximum atomic E-state index is 6.19. The molecule has 1 N–H and O–H groups in total. The molecule has 3 heteroatoms. The molecule has 0 aromatic rings. The second kappa shape index (κ2) is 7.33. The van der Waals surface area contributed by atoms with E-state index in [1.54, 1.807) is 0 Å². The summed E-state index contributed by atoms with van der Waals surface area (Å²) in [6, 6.07) is 0.681. The average Bonchev–Trinajstić information content (AvgIpc) is 2.40. The fourth-order valence-electron chi connectivity index (χ4n) is 3.69. The Hall–Kier alpha value is 0.270. The summed E-state index contributed by atoms with van der Waals surface area (Å²) in [5.74, 6) is 4.24. The minimum absolute atomic E-state index is 0.265. The van der Waals surface area contributed by atoms with Crippen LogP contribution in [0.25, 0.3) is 0 Å². The van der Waals surface area contributed by atoms with Gasteiger partial charge < -0.3 is 10.1 Å². The lowest BCUT2D eigenvalue weighted by Crippen LogP contribution is -2.43. The van der Waals surface area contributed by atoms with Gasteiger partial charge in [0.1, 0.15) is 0 Å². The summed E-state index contributed by atoms with van der Waals surface area (Å²) in [7, 11) is 2.11. The Morgan fingerprint density at radius 3 is 2.68 bits per heavy atom.